The molecule has 0 bridgehead atoms. The van der Waals surface area contributed by atoms with Gasteiger partial charge in [0.1, 0.15) is 0 Å². The third-order valence-electron chi connectivity index (χ3n) is 4.95. The molecular weight excluding hydrogens is 344 g/mol. The molecule has 0 saturated carbocycles. The van der Waals surface area contributed by atoms with Gasteiger partial charge >= 0.3 is 0 Å². The maximum absolute atomic E-state index is 12.6. The van der Waals surface area contributed by atoms with Crippen molar-refractivity contribution in [2.75, 3.05) is 18.8 Å². The van der Waals surface area contributed by atoms with Gasteiger partial charge in [-0.15, -0.1) is 11.3 Å². The van der Waals surface area contributed by atoms with Crippen molar-refractivity contribution < 1.29 is 13.2 Å². The minimum atomic E-state index is -3.12. The smallest absolute Gasteiger partial charge is 0.252 e. The van der Waals surface area contributed by atoms with Crippen LogP contribution in [-0.4, -0.2) is 43.5 Å². The molecule has 1 fully saturated rings. The third-order valence-corrected chi connectivity index (χ3v) is 8.12. The molecule has 1 aromatic rings. The summed E-state index contributed by atoms with van der Waals surface area (Å²) in [6.45, 7) is 2.90. The zero-order chi connectivity index (χ0) is 17.2. The van der Waals surface area contributed by atoms with E-state index in [4.69, 9.17) is 0 Å². The monoisotopic (exact) mass is 370 g/mol. The first kappa shape index (κ1) is 17.9. The largest absolute Gasteiger partial charge is 0.349 e. The van der Waals surface area contributed by atoms with Crippen LogP contribution in [0.2, 0.25) is 0 Å². The molecular formula is C17H26N2O3S2. The van der Waals surface area contributed by atoms with Gasteiger partial charge in [0.25, 0.3) is 5.91 Å². The lowest BCUT2D eigenvalue weighted by Gasteiger charge is -2.31. The Morgan fingerprint density at radius 3 is 2.71 bits per heavy atom. The summed E-state index contributed by atoms with van der Waals surface area (Å²) in [5, 5.41) is 5.11. The Hall–Kier alpha value is -0.920. The van der Waals surface area contributed by atoms with Crippen LogP contribution in [0.25, 0.3) is 0 Å². The molecule has 1 aliphatic heterocycles. The first-order chi connectivity index (χ1) is 11.5. The molecule has 134 valence electrons. The highest BCUT2D eigenvalue weighted by atomic mass is 32.2. The normalized spacial score (nSPS) is 19.9. The van der Waals surface area contributed by atoms with Crippen LogP contribution in [0.4, 0.5) is 0 Å². The number of amides is 1. The minimum absolute atomic E-state index is 0.0178. The molecule has 3 rings (SSSR count). The zero-order valence-electron chi connectivity index (χ0n) is 14.2. The lowest BCUT2D eigenvalue weighted by atomic mass is 9.95. The van der Waals surface area contributed by atoms with Crippen LogP contribution < -0.4 is 5.32 Å². The van der Waals surface area contributed by atoms with Crippen molar-refractivity contribution in [2.45, 2.75) is 57.9 Å². The van der Waals surface area contributed by atoms with Gasteiger partial charge in [-0.3, -0.25) is 4.79 Å². The highest BCUT2D eigenvalue weighted by Crippen LogP contribution is 2.30. The average Bonchev–Trinajstić information content (AvgIpc) is 2.99. The van der Waals surface area contributed by atoms with Gasteiger partial charge in [-0.2, -0.15) is 0 Å². The van der Waals surface area contributed by atoms with E-state index >= 15 is 0 Å². The number of nitrogens with one attached hydrogen (secondary N) is 1. The summed E-state index contributed by atoms with van der Waals surface area (Å²) in [5.74, 6) is 0.231. The van der Waals surface area contributed by atoms with Crippen LogP contribution in [0.15, 0.2) is 5.38 Å². The Morgan fingerprint density at radius 1 is 1.29 bits per heavy atom. The summed E-state index contributed by atoms with van der Waals surface area (Å²) in [6, 6.07) is 0.0738. The molecule has 0 atom stereocenters. The number of nitrogens with zero attached hydrogens (tertiary/aromatic N) is 1. The second-order valence-electron chi connectivity index (χ2n) is 6.72. The number of aryl methyl sites for hydroxylation is 1. The Balaban J connectivity index is 1.57. The summed E-state index contributed by atoms with van der Waals surface area (Å²) in [4.78, 5) is 14.0. The summed E-state index contributed by atoms with van der Waals surface area (Å²) in [5.41, 5.74) is 2.09. The summed E-state index contributed by atoms with van der Waals surface area (Å²) in [7, 11) is -3.12. The maximum Gasteiger partial charge on any atom is 0.252 e. The molecule has 0 spiro atoms. The second kappa shape index (κ2) is 7.54. The Bertz CT molecular complexity index is 689. The number of thiophene rings is 1. The topological polar surface area (TPSA) is 66.5 Å². The number of sulfonamides is 1. The van der Waals surface area contributed by atoms with Crippen LogP contribution in [0, 0.1) is 0 Å². The van der Waals surface area contributed by atoms with Crippen LogP contribution in [0.5, 0.6) is 0 Å². The number of hydrogen-bond donors (Lipinski definition) is 1. The van der Waals surface area contributed by atoms with Gasteiger partial charge in [0.05, 0.1) is 11.3 Å². The molecule has 24 heavy (non-hydrogen) atoms. The highest BCUT2D eigenvalue weighted by Gasteiger charge is 2.29. The third kappa shape index (κ3) is 3.83. The predicted molar refractivity (Wildman–Crippen MR) is 97.1 cm³/mol. The zero-order valence-corrected chi connectivity index (χ0v) is 15.8. The van der Waals surface area contributed by atoms with Crippen LogP contribution in [-0.2, 0) is 22.9 Å². The second-order valence-corrected chi connectivity index (χ2v) is 9.77. The molecule has 1 N–H and O–H groups in total. The maximum atomic E-state index is 12.6. The molecule has 2 aliphatic rings. The van der Waals surface area contributed by atoms with Gasteiger partial charge in [-0.25, -0.2) is 12.7 Å². The van der Waals surface area contributed by atoms with Gasteiger partial charge in [-0.1, -0.05) is 6.92 Å². The molecule has 0 aromatic carbocycles. The lowest BCUT2D eigenvalue weighted by Crippen LogP contribution is -2.47. The van der Waals surface area contributed by atoms with Gasteiger partial charge in [0, 0.05) is 29.4 Å². The van der Waals surface area contributed by atoms with E-state index in [1.165, 1.54) is 16.9 Å². The van der Waals surface area contributed by atoms with Crippen molar-refractivity contribution in [2.24, 2.45) is 0 Å². The lowest BCUT2D eigenvalue weighted by molar-refractivity contribution is 0.0923. The highest BCUT2D eigenvalue weighted by molar-refractivity contribution is 7.89. The van der Waals surface area contributed by atoms with Crippen LogP contribution in [0.1, 0.15) is 59.8 Å². The van der Waals surface area contributed by atoms with Crippen molar-refractivity contribution in [1.29, 1.82) is 0 Å². The average molecular weight is 371 g/mol. The van der Waals surface area contributed by atoms with E-state index in [1.54, 1.807) is 15.6 Å². The van der Waals surface area contributed by atoms with Crippen molar-refractivity contribution in [3.05, 3.63) is 21.4 Å². The van der Waals surface area contributed by atoms with Crippen LogP contribution >= 0.6 is 11.3 Å². The first-order valence-electron chi connectivity index (χ1n) is 8.89. The van der Waals surface area contributed by atoms with E-state index in [1.807, 2.05) is 12.3 Å². The van der Waals surface area contributed by atoms with Crippen molar-refractivity contribution in [3.8, 4) is 0 Å². The molecule has 1 amide bonds. The standard InChI is InChI=1S/C17H26N2O3S2/c1-2-11-24(21,22)19-9-7-13(8-10-19)18-17(20)15-12-23-16-6-4-3-5-14(15)16/h12-13H,2-11H2,1H3,(H,18,20). The molecule has 0 unspecified atom stereocenters. The fourth-order valence-electron chi connectivity index (χ4n) is 3.61. The molecule has 2 heterocycles. The number of carbonyl (C=O) groups is 1. The number of fused-ring (bicyclic) bond motifs is 1. The van der Waals surface area contributed by atoms with Gasteiger partial charge in [0.15, 0.2) is 0 Å². The molecule has 5 nitrogen and oxygen atoms in total. The molecule has 1 aliphatic carbocycles. The molecule has 1 aromatic heterocycles. The minimum Gasteiger partial charge on any atom is -0.349 e. The van der Waals surface area contributed by atoms with Gasteiger partial charge in [-0.05, 0) is 50.5 Å². The van der Waals surface area contributed by atoms with Gasteiger partial charge < -0.3 is 5.32 Å². The first-order valence-corrected chi connectivity index (χ1v) is 11.4. The molecule has 7 heteroatoms. The fourth-order valence-corrected chi connectivity index (χ4v) is 6.28. The van der Waals surface area contributed by atoms with Gasteiger partial charge in [0.2, 0.25) is 10.0 Å². The van der Waals surface area contributed by atoms with Crippen molar-refractivity contribution in [3.63, 3.8) is 0 Å². The van der Waals surface area contributed by atoms with E-state index in [9.17, 15) is 13.2 Å². The number of carbonyl (C=O) groups excluding carboxylic acids is 1. The van der Waals surface area contributed by atoms with Crippen molar-refractivity contribution >= 4 is 27.3 Å². The van der Waals surface area contributed by atoms with E-state index in [0.29, 0.717) is 32.4 Å². The predicted octanol–water partition coefficient (Wildman–Crippen LogP) is 2.56. The van der Waals surface area contributed by atoms with E-state index in [2.05, 4.69) is 5.32 Å². The Kier molecular flexibility index (Phi) is 5.62. The quantitative estimate of drug-likeness (QED) is 0.866. The number of rotatable bonds is 5. The molecule has 1 saturated heterocycles. The fraction of sp³-hybridized carbons (Fsp3) is 0.706. The SMILES string of the molecule is CCCS(=O)(=O)N1CCC(NC(=O)c2csc3c2CCCC3)CC1. The Morgan fingerprint density at radius 2 is 2.00 bits per heavy atom. The molecule has 0 radical (unpaired) electrons. The van der Waals surface area contributed by atoms with Crippen molar-refractivity contribution in [1.82, 2.24) is 9.62 Å². The van der Waals surface area contributed by atoms with E-state index in [-0.39, 0.29) is 17.7 Å². The number of hydrogen-bond acceptors (Lipinski definition) is 4. The van der Waals surface area contributed by atoms with E-state index in [0.717, 1.165) is 24.8 Å². The summed E-state index contributed by atoms with van der Waals surface area (Å²) < 4.78 is 25.8. The summed E-state index contributed by atoms with van der Waals surface area (Å²) in [6.07, 6.45) is 6.53. The number of piperidine rings is 1. The van der Waals surface area contributed by atoms with E-state index < -0.39 is 10.0 Å². The summed E-state index contributed by atoms with van der Waals surface area (Å²) >= 11 is 1.70. The Labute approximate surface area is 148 Å². The van der Waals surface area contributed by atoms with Crippen LogP contribution in [0.3, 0.4) is 0 Å².